The maximum Gasteiger partial charge on any atom is 0.416 e. The summed E-state index contributed by atoms with van der Waals surface area (Å²) in [5.74, 6) is -0.839. The van der Waals surface area contributed by atoms with E-state index in [1.165, 1.54) is 24.3 Å². The van der Waals surface area contributed by atoms with E-state index in [-0.39, 0.29) is 11.3 Å². The van der Waals surface area contributed by atoms with Crippen LogP contribution in [0.4, 0.5) is 17.6 Å². The van der Waals surface area contributed by atoms with Gasteiger partial charge in [0.15, 0.2) is 9.84 Å². The quantitative estimate of drug-likeness (QED) is 0.769. The molecule has 0 aliphatic heterocycles. The van der Waals surface area contributed by atoms with E-state index in [0.29, 0.717) is 5.56 Å². The van der Waals surface area contributed by atoms with Crippen molar-refractivity contribution in [3.05, 3.63) is 76.4 Å². The number of hydrogen-bond acceptors (Lipinski definition) is 2. The highest BCUT2D eigenvalue weighted by molar-refractivity contribution is 7.93. The molecule has 0 bridgehead atoms. The molecule has 7 heteroatoms. The average molecular weight is 344 g/mol. The molecule has 23 heavy (non-hydrogen) atoms. The molecular formula is C16H12F4O2S. The molecule has 0 N–H and O–H groups in total. The topological polar surface area (TPSA) is 34.1 Å². The van der Waals surface area contributed by atoms with Gasteiger partial charge in [-0.2, -0.15) is 13.2 Å². The minimum Gasteiger partial charge on any atom is -0.224 e. The Bertz CT molecular complexity index is 807. The van der Waals surface area contributed by atoms with Crippen LogP contribution in [0.15, 0.2) is 53.9 Å². The van der Waals surface area contributed by atoms with E-state index in [2.05, 4.69) is 0 Å². The van der Waals surface area contributed by atoms with Crippen molar-refractivity contribution >= 4 is 15.9 Å². The lowest BCUT2D eigenvalue weighted by Crippen LogP contribution is -2.04. The zero-order valence-electron chi connectivity index (χ0n) is 11.7. The Kier molecular flexibility index (Phi) is 4.89. The predicted molar refractivity (Wildman–Crippen MR) is 79.5 cm³/mol. The highest BCUT2D eigenvalue weighted by Gasteiger charge is 2.30. The molecule has 2 nitrogen and oxygen atoms in total. The number of alkyl halides is 3. The van der Waals surface area contributed by atoms with Gasteiger partial charge in [0.1, 0.15) is 5.82 Å². The number of sulfone groups is 1. The van der Waals surface area contributed by atoms with Crippen LogP contribution in [0.1, 0.15) is 16.7 Å². The molecule has 0 aromatic heterocycles. The Hall–Kier alpha value is -2.15. The summed E-state index contributed by atoms with van der Waals surface area (Å²) < 4.78 is 74.4. The standard InChI is InChI=1S/C16H12F4O2S/c17-15-6-4-13(5-7-15)11-23(21,22)9-8-12-2-1-3-14(10-12)16(18,19)20/h1-10H,11H2/b9-8+. The Balaban J connectivity index is 2.17. The molecular weight excluding hydrogens is 332 g/mol. The number of hydrogen-bond donors (Lipinski definition) is 0. The highest BCUT2D eigenvalue weighted by Crippen LogP contribution is 2.29. The molecule has 2 aromatic rings. The fraction of sp³-hybridized carbons (Fsp3) is 0.125. The third kappa shape index (κ3) is 5.21. The average Bonchev–Trinajstić information content (AvgIpc) is 2.47. The van der Waals surface area contributed by atoms with Crippen LogP contribution in [0.5, 0.6) is 0 Å². The van der Waals surface area contributed by atoms with Gasteiger partial charge in [0.05, 0.1) is 11.3 Å². The lowest BCUT2D eigenvalue weighted by Gasteiger charge is -2.06. The van der Waals surface area contributed by atoms with E-state index in [4.69, 9.17) is 0 Å². The molecule has 0 fully saturated rings. The minimum atomic E-state index is -4.49. The summed E-state index contributed by atoms with van der Waals surface area (Å²) in [4.78, 5) is 0. The van der Waals surface area contributed by atoms with Crippen LogP contribution in [0, 0.1) is 5.82 Å². The summed E-state index contributed by atoms with van der Waals surface area (Å²) in [6.07, 6.45) is -3.38. The van der Waals surface area contributed by atoms with Crippen LogP contribution in [0.25, 0.3) is 6.08 Å². The van der Waals surface area contributed by atoms with Gasteiger partial charge in [-0.15, -0.1) is 0 Å². The molecule has 0 radical (unpaired) electrons. The summed E-state index contributed by atoms with van der Waals surface area (Å²) in [6.45, 7) is 0. The van der Waals surface area contributed by atoms with Crippen LogP contribution in [0.2, 0.25) is 0 Å². The second-order valence-corrected chi connectivity index (χ2v) is 6.75. The van der Waals surface area contributed by atoms with E-state index >= 15 is 0 Å². The maximum absolute atomic E-state index is 12.8. The van der Waals surface area contributed by atoms with Crippen LogP contribution >= 0.6 is 0 Å². The van der Waals surface area contributed by atoms with E-state index in [0.717, 1.165) is 35.7 Å². The van der Waals surface area contributed by atoms with Gasteiger partial charge in [0, 0.05) is 5.41 Å². The first-order valence-electron chi connectivity index (χ1n) is 6.48. The molecule has 0 heterocycles. The predicted octanol–water partition coefficient (Wildman–Crippen LogP) is 4.43. The highest BCUT2D eigenvalue weighted by atomic mass is 32.2. The van der Waals surface area contributed by atoms with Gasteiger partial charge in [-0.25, -0.2) is 12.8 Å². The summed E-state index contributed by atoms with van der Waals surface area (Å²) in [5.41, 5.74) is -0.335. The van der Waals surface area contributed by atoms with Gasteiger partial charge < -0.3 is 0 Å². The zero-order chi connectivity index (χ0) is 17.1. The first-order valence-corrected chi connectivity index (χ1v) is 8.20. The molecule has 2 aromatic carbocycles. The molecule has 0 aliphatic carbocycles. The van der Waals surface area contributed by atoms with Crippen molar-refractivity contribution in [3.63, 3.8) is 0 Å². The van der Waals surface area contributed by atoms with Crippen LogP contribution in [0.3, 0.4) is 0 Å². The Labute approximate surface area is 131 Å². The number of rotatable bonds is 4. The second kappa shape index (κ2) is 6.54. The van der Waals surface area contributed by atoms with Crippen molar-refractivity contribution in [1.82, 2.24) is 0 Å². The summed E-state index contributed by atoms with van der Waals surface area (Å²) in [7, 11) is -3.68. The minimum absolute atomic E-state index is 0.127. The van der Waals surface area contributed by atoms with Gasteiger partial charge in [-0.1, -0.05) is 24.3 Å². The third-order valence-corrected chi connectivity index (χ3v) is 4.25. The van der Waals surface area contributed by atoms with Crippen molar-refractivity contribution in [3.8, 4) is 0 Å². The molecule has 0 spiro atoms. The van der Waals surface area contributed by atoms with Crippen molar-refractivity contribution in [1.29, 1.82) is 0 Å². The normalized spacial score (nSPS) is 12.7. The fourth-order valence-corrected chi connectivity index (χ4v) is 2.98. The Morgan fingerprint density at radius 2 is 1.65 bits per heavy atom. The molecule has 0 unspecified atom stereocenters. The van der Waals surface area contributed by atoms with Crippen LogP contribution < -0.4 is 0 Å². The molecule has 0 aliphatic rings. The van der Waals surface area contributed by atoms with Crippen molar-refractivity contribution in [2.24, 2.45) is 0 Å². The molecule has 0 atom stereocenters. The third-order valence-electron chi connectivity index (χ3n) is 2.96. The van der Waals surface area contributed by atoms with Gasteiger partial charge in [-0.05, 0) is 41.5 Å². The zero-order valence-corrected chi connectivity index (χ0v) is 12.5. The lowest BCUT2D eigenvalue weighted by molar-refractivity contribution is -0.137. The lowest BCUT2D eigenvalue weighted by atomic mass is 10.1. The first-order chi connectivity index (χ1) is 10.7. The Morgan fingerprint density at radius 1 is 1.00 bits per heavy atom. The molecule has 122 valence electrons. The fourth-order valence-electron chi connectivity index (χ4n) is 1.86. The molecule has 0 saturated heterocycles. The van der Waals surface area contributed by atoms with Crippen molar-refractivity contribution in [2.75, 3.05) is 0 Å². The number of benzene rings is 2. The van der Waals surface area contributed by atoms with Crippen molar-refractivity contribution in [2.45, 2.75) is 11.9 Å². The molecule has 2 rings (SSSR count). The van der Waals surface area contributed by atoms with Gasteiger partial charge >= 0.3 is 6.18 Å². The molecule has 0 amide bonds. The monoisotopic (exact) mass is 344 g/mol. The number of halogens is 4. The van der Waals surface area contributed by atoms with E-state index in [9.17, 15) is 26.0 Å². The summed E-state index contributed by atoms with van der Waals surface area (Å²) in [5, 5.41) is 0.853. The van der Waals surface area contributed by atoms with Gasteiger partial charge in [0.25, 0.3) is 0 Å². The van der Waals surface area contributed by atoms with Gasteiger partial charge in [-0.3, -0.25) is 0 Å². The summed E-state index contributed by atoms with van der Waals surface area (Å²) >= 11 is 0. The van der Waals surface area contributed by atoms with Gasteiger partial charge in [0.2, 0.25) is 0 Å². The van der Waals surface area contributed by atoms with E-state index < -0.39 is 27.4 Å². The Morgan fingerprint density at radius 3 is 2.26 bits per heavy atom. The van der Waals surface area contributed by atoms with E-state index in [1.807, 2.05) is 0 Å². The largest absolute Gasteiger partial charge is 0.416 e. The smallest absolute Gasteiger partial charge is 0.224 e. The second-order valence-electron chi connectivity index (χ2n) is 4.86. The summed E-state index contributed by atoms with van der Waals surface area (Å²) in [6, 6.07) is 9.31. The molecule has 0 saturated carbocycles. The SMILES string of the molecule is O=S(=O)(/C=C/c1cccc(C(F)(F)F)c1)Cc1ccc(F)cc1. The first kappa shape index (κ1) is 17.2. The van der Waals surface area contributed by atoms with Crippen LogP contribution in [-0.2, 0) is 21.8 Å². The van der Waals surface area contributed by atoms with E-state index in [1.54, 1.807) is 0 Å². The maximum atomic E-state index is 12.8. The van der Waals surface area contributed by atoms with Crippen LogP contribution in [-0.4, -0.2) is 8.42 Å². The van der Waals surface area contributed by atoms with Crippen molar-refractivity contribution < 1.29 is 26.0 Å².